The monoisotopic (exact) mass is 467 g/mol. The Kier molecular flexibility index (Phi) is 8.65. The fourth-order valence-electron chi connectivity index (χ4n) is 4.43. The number of carbonyl (C=O) groups is 3. The molecule has 34 heavy (non-hydrogen) atoms. The summed E-state index contributed by atoms with van der Waals surface area (Å²) >= 11 is 0. The topological polar surface area (TPSA) is 108 Å². The standard InChI is InChI=1S/C26H33N3O5/c1-4-9-17(14-24(30)31)27-25(32)23(15-29(2)3)28-26(33)34-16-22-20-12-7-5-10-18(20)19-11-6-8-13-21(19)22/h5-8,10-13,17,22-23H,4,9,14-16H2,1-3H3,(H,27,32)(H,28,33)(H,30,31)/t17-,23?/m0/s1. The normalized spacial score (nSPS) is 14.1. The Morgan fingerprint density at radius 3 is 2.12 bits per heavy atom. The molecule has 8 nitrogen and oxygen atoms in total. The summed E-state index contributed by atoms with van der Waals surface area (Å²) in [6.07, 6.45) is 0.418. The van der Waals surface area contributed by atoms with E-state index in [4.69, 9.17) is 9.84 Å². The molecule has 2 aromatic rings. The van der Waals surface area contributed by atoms with Crippen LogP contribution >= 0.6 is 0 Å². The third kappa shape index (κ3) is 6.35. The molecule has 0 fully saturated rings. The van der Waals surface area contributed by atoms with Crippen LogP contribution in [0, 0.1) is 0 Å². The van der Waals surface area contributed by atoms with Crippen LogP contribution in [0.1, 0.15) is 43.2 Å². The summed E-state index contributed by atoms with van der Waals surface area (Å²) in [4.78, 5) is 38.5. The second-order valence-corrected chi connectivity index (χ2v) is 8.88. The first-order valence-corrected chi connectivity index (χ1v) is 11.6. The molecule has 3 N–H and O–H groups in total. The summed E-state index contributed by atoms with van der Waals surface area (Å²) in [5.41, 5.74) is 4.49. The Morgan fingerprint density at radius 1 is 1.00 bits per heavy atom. The first-order valence-electron chi connectivity index (χ1n) is 11.6. The van der Waals surface area contributed by atoms with Gasteiger partial charge >= 0.3 is 12.1 Å². The van der Waals surface area contributed by atoms with Crippen molar-refractivity contribution in [2.45, 2.75) is 44.2 Å². The van der Waals surface area contributed by atoms with Gasteiger partial charge in [-0.2, -0.15) is 0 Å². The Morgan fingerprint density at radius 2 is 1.59 bits per heavy atom. The molecule has 0 aliphatic heterocycles. The molecule has 1 aliphatic carbocycles. The molecule has 2 atom stereocenters. The van der Waals surface area contributed by atoms with Crippen LogP contribution in [-0.4, -0.2) is 67.3 Å². The van der Waals surface area contributed by atoms with Gasteiger partial charge in [0, 0.05) is 18.5 Å². The van der Waals surface area contributed by atoms with Crippen molar-refractivity contribution >= 4 is 18.0 Å². The third-order valence-electron chi connectivity index (χ3n) is 5.90. The highest BCUT2D eigenvalue weighted by atomic mass is 16.5. The lowest BCUT2D eigenvalue weighted by molar-refractivity contribution is -0.137. The average molecular weight is 468 g/mol. The molecule has 182 valence electrons. The van der Waals surface area contributed by atoms with E-state index in [-0.39, 0.29) is 25.5 Å². The lowest BCUT2D eigenvalue weighted by Crippen LogP contribution is -2.54. The van der Waals surface area contributed by atoms with Crippen LogP contribution in [0.3, 0.4) is 0 Å². The van der Waals surface area contributed by atoms with E-state index >= 15 is 0 Å². The molecule has 2 amide bonds. The number of fused-ring (bicyclic) bond motifs is 3. The van der Waals surface area contributed by atoms with Crippen molar-refractivity contribution in [2.75, 3.05) is 27.2 Å². The Bertz CT molecular complexity index is 978. The zero-order valence-corrected chi connectivity index (χ0v) is 19.9. The van der Waals surface area contributed by atoms with Gasteiger partial charge in [-0.25, -0.2) is 4.79 Å². The van der Waals surface area contributed by atoms with Crippen LogP contribution in [0.15, 0.2) is 48.5 Å². The number of hydrogen-bond donors (Lipinski definition) is 3. The lowest BCUT2D eigenvalue weighted by atomic mass is 9.98. The van der Waals surface area contributed by atoms with E-state index in [0.717, 1.165) is 28.7 Å². The maximum Gasteiger partial charge on any atom is 0.407 e. The number of alkyl carbamates (subject to hydrolysis) is 1. The van der Waals surface area contributed by atoms with Gasteiger partial charge in [0.05, 0.1) is 6.42 Å². The molecule has 0 bridgehead atoms. The molecule has 0 saturated carbocycles. The van der Waals surface area contributed by atoms with E-state index in [1.165, 1.54) is 0 Å². The zero-order chi connectivity index (χ0) is 24.7. The number of carbonyl (C=O) groups excluding carboxylic acids is 2. The second-order valence-electron chi connectivity index (χ2n) is 8.88. The Balaban J connectivity index is 1.65. The highest BCUT2D eigenvalue weighted by Crippen LogP contribution is 2.44. The van der Waals surface area contributed by atoms with Crippen LogP contribution in [0.2, 0.25) is 0 Å². The van der Waals surface area contributed by atoms with Gasteiger partial charge in [0.2, 0.25) is 5.91 Å². The first-order chi connectivity index (χ1) is 16.3. The number of carboxylic acid groups (broad SMARTS) is 1. The van der Waals surface area contributed by atoms with E-state index in [9.17, 15) is 14.4 Å². The molecule has 8 heteroatoms. The molecule has 1 unspecified atom stereocenters. The van der Waals surface area contributed by atoms with Gasteiger partial charge in [-0.05, 0) is 42.8 Å². The molecule has 3 rings (SSSR count). The number of aliphatic carboxylic acids is 1. The van der Waals surface area contributed by atoms with Crippen molar-refractivity contribution in [3.05, 3.63) is 59.7 Å². The van der Waals surface area contributed by atoms with Gasteiger partial charge in [0.15, 0.2) is 0 Å². The predicted octanol–water partition coefficient (Wildman–Crippen LogP) is 3.21. The van der Waals surface area contributed by atoms with Crippen LogP contribution in [-0.2, 0) is 14.3 Å². The average Bonchev–Trinajstić information content (AvgIpc) is 3.10. The van der Waals surface area contributed by atoms with E-state index in [1.54, 1.807) is 19.0 Å². The molecule has 2 aromatic carbocycles. The van der Waals surface area contributed by atoms with Crippen LogP contribution in [0.5, 0.6) is 0 Å². The number of nitrogens with zero attached hydrogens (tertiary/aromatic N) is 1. The molecule has 1 aliphatic rings. The molecular formula is C26H33N3O5. The highest BCUT2D eigenvalue weighted by molar-refractivity contribution is 5.86. The predicted molar refractivity (Wildman–Crippen MR) is 130 cm³/mol. The number of rotatable bonds is 11. The van der Waals surface area contributed by atoms with Gasteiger partial charge in [0.1, 0.15) is 12.6 Å². The second kappa shape index (κ2) is 11.7. The van der Waals surface area contributed by atoms with E-state index in [1.807, 2.05) is 43.3 Å². The molecule has 0 spiro atoms. The number of likely N-dealkylation sites (N-methyl/N-ethyl adjacent to an activating group) is 1. The lowest BCUT2D eigenvalue weighted by Gasteiger charge is -2.25. The van der Waals surface area contributed by atoms with Gasteiger partial charge in [-0.15, -0.1) is 0 Å². The maximum absolute atomic E-state index is 12.9. The maximum atomic E-state index is 12.9. The summed E-state index contributed by atoms with van der Waals surface area (Å²) in [5.74, 6) is -1.49. The molecule has 0 heterocycles. The minimum Gasteiger partial charge on any atom is -0.481 e. The summed E-state index contributed by atoms with van der Waals surface area (Å²) < 4.78 is 5.58. The summed E-state index contributed by atoms with van der Waals surface area (Å²) in [5, 5.41) is 14.5. The molecule has 0 aromatic heterocycles. The number of benzene rings is 2. The van der Waals surface area contributed by atoms with Gasteiger partial charge in [-0.3, -0.25) is 9.59 Å². The highest BCUT2D eigenvalue weighted by Gasteiger charge is 2.30. The quantitative estimate of drug-likeness (QED) is 0.468. The van der Waals surface area contributed by atoms with E-state index in [0.29, 0.717) is 6.42 Å². The Hall–Kier alpha value is -3.39. The van der Waals surface area contributed by atoms with Gasteiger partial charge < -0.3 is 25.4 Å². The van der Waals surface area contributed by atoms with Crippen molar-refractivity contribution in [1.29, 1.82) is 0 Å². The van der Waals surface area contributed by atoms with Crippen molar-refractivity contribution in [3.8, 4) is 11.1 Å². The summed E-state index contributed by atoms with van der Waals surface area (Å²) in [6.45, 7) is 2.32. The Labute approximate surface area is 200 Å². The fourth-order valence-corrected chi connectivity index (χ4v) is 4.43. The molecular weight excluding hydrogens is 434 g/mol. The number of amides is 2. The largest absolute Gasteiger partial charge is 0.481 e. The first kappa shape index (κ1) is 25.2. The summed E-state index contributed by atoms with van der Waals surface area (Å²) in [6, 6.07) is 14.8. The minimum absolute atomic E-state index is 0.0798. The van der Waals surface area contributed by atoms with Crippen molar-refractivity contribution in [2.24, 2.45) is 0 Å². The fraction of sp³-hybridized carbons (Fsp3) is 0.423. The SMILES string of the molecule is CCC[C@@H](CC(=O)O)NC(=O)C(CN(C)C)NC(=O)OCC1c2ccccc2-c2ccccc21. The third-order valence-corrected chi connectivity index (χ3v) is 5.90. The molecule has 0 saturated heterocycles. The molecule has 0 radical (unpaired) electrons. The van der Waals surface area contributed by atoms with Crippen molar-refractivity contribution < 1.29 is 24.2 Å². The van der Waals surface area contributed by atoms with Crippen LogP contribution < -0.4 is 10.6 Å². The van der Waals surface area contributed by atoms with Gasteiger partial charge in [0.25, 0.3) is 0 Å². The number of hydrogen-bond acceptors (Lipinski definition) is 5. The van der Waals surface area contributed by atoms with Crippen LogP contribution in [0.4, 0.5) is 4.79 Å². The van der Waals surface area contributed by atoms with Crippen molar-refractivity contribution in [1.82, 2.24) is 15.5 Å². The minimum atomic E-state index is -0.979. The smallest absolute Gasteiger partial charge is 0.407 e. The summed E-state index contributed by atoms with van der Waals surface area (Å²) in [7, 11) is 3.58. The zero-order valence-electron chi connectivity index (χ0n) is 19.9. The number of nitrogens with one attached hydrogen (secondary N) is 2. The number of ether oxygens (including phenoxy) is 1. The van der Waals surface area contributed by atoms with Crippen LogP contribution in [0.25, 0.3) is 11.1 Å². The number of carboxylic acids is 1. The van der Waals surface area contributed by atoms with Crippen molar-refractivity contribution in [3.63, 3.8) is 0 Å². The van der Waals surface area contributed by atoms with E-state index in [2.05, 4.69) is 22.8 Å². The van der Waals surface area contributed by atoms with Gasteiger partial charge in [-0.1, -0.05) is 61.9 Å². The van der Waals surface area contributed by atoms with E-state index < -0.39 is 30.1 Å².